The molecule has 3 aliphatic rings. The Morgan fingerprint density at radius 1 is 0.958 bits per heavy atom. The SMILES string of the molecule is C=C[C@@]1(C)CC[C@@]2(O)[C@@](O)(C[C@@H](O)[C@@]3(O)C(C)(C)CCC[C@]23C)C1. The highest BCUT2D eigenvalue weighted by Crippen LogP contribution is 2.69. The van der Waals surface area contributed by atoms with Crippen LogP contribution in [0.5, 0.6) is 0 Å². The molecule has 0 unspecified atom stereocenters. The molecule has 0 bridgehead atoms. The maximum atomic E-state index is 11.8. The predicted octanol–water partition coefficient (Wildman–Crippen LogP) is 2.54. The fourth-order valence-electron chi connectivity index (χ4n) is 6.63. The van der Waals surface area contributed by atoms with E-state index >= 15 is 0 Å². The summed E-state index contributed by atoms with van der Waals surface area (Å²) in [4.78, 5) is 0. The Labute approximate surface area is 145 Å². The highest BCUT2D eigenvalue weighted by Gasteiger charge is 2.78. The molecule has 0 spiro atoms. The fraction of sp³-hybridized carbons (Fsp3) is 0.900. The Morgan fingerprint density at radius 2 is 1.58 bits per heavy atom. The van der Waals surface area contributed by atoms with Gasteiger partial charge in [0.05, 0.1) is 11.7 Å². The molecule has 3 saturated carbocycles. The topological polar surface area (TPSA) is 80.9 Å². The van der Waals surface area contributed by atoms with E-state index in [9.17, 15) is 20.4 Å². The summed E-state index contributed by atoms with van der Waals surface area (Å²) in [6.07, 6.45) is 4.56. The van der Waals surface area contributed by atoms with Gasteiger partial charge in [-0.1, -0.05) is 40.2 Å². The molecule has 3 fully saturated rings. The van der Waals surface area contributed by atoms with Crippen LogP contribution in [0.3, 0.4) is 0 Å². The van der Waals surface area contributed by atoms with Crippen molar-refractivity contribution in [3.63, 3.8) is 0 Å². The second-order valence-electron chi connectivity index (χ2n) is 9.98. The van der Waals surface area contributed by atoms with Crippen molar-refractivity contribution in [2.24, 2.45) is 16.2 Å². The lowest BCUT2D eigenvalue weighted by molar-refractivity contribution is -0.374. The van der Waals surface area contributed by atoms with Gasteiger partial charge in [0.25, 0.3) is 0 Å². The maximum Gasteiger partial charge on any atom is 0.104 e. The average Bonchev–Trinajstić information content (AvgIpc) is 2.47. The summed E-state index contributed by atoms with van der Waals surface area (Å²) < 4.78 is 0. The normalized spacial score (nSPS) is 56.9. The minimum absolute atomic E-state index is 0.00243. The standard InChI is InChI=1S/C20H34O4/c1-6-16(4)10-11-19(23)17(5)9-7-8-15(2,3)20(17,24)14(21)12-18(19,22)13-16/h6,14,21-24H,1,7-13H2,2-5H3/t14-,16+,17-,18-,19+,20-/m1/s1. The second-order valence-corrected chi connectivity index (χ2v) is 9.98. The van der Waals surface area contributed by atoms with Gasteiger partial charge in [-0.05, 0) is 42.9 Å². The van der Waals surface area contributed by atoms with E-state index in [2.05, 4.69) is 6.58 Å². The maximum absolute atomic E-state index is 11.8. The monoisotopic (exact) mass is 338 g/mol. The first kappa shape index (κ1) is 18.4. The van der Waals surface area contributed by atoms with Crippen molar-refractivity contribution >= 4 is 0 Å². The molecule has 6 atom stereocenters. The zero-order valence-electron chi connectivity index (χ0n) is 15.6. The molecule has 4 nitrogen and oxygen atoms in total. The van der Waals surface area contributed by atoms with Crippen molar-refractivity contribution in [2.45, 2.75) is 95.5 Å². The number of hydrogen-bond donors (Lipinski definition) is 4. The number of aliphatic hydroxyl groups excluding tert-OH is 1. The van der Waals surface area contributed by atoms with E-state index in [1.807, 2.05) is 33.8 Å². The third-order valence-corrected chi connectivity index (χ3v) is 8.29. The van der Waals surface area contributed by atoms with E-state index < -0.39 is 33.7 Å². The lowest BCUT2D eigenvalue weighted by Gasteiger charge is -2.72. The summed E-state index contributed by atoms with van der Waals surface area (Å²) in [6, 6.07) is 0. The number of fused-ring (bicyclic) bond motifs is 3. The van der Waals surface area contributed by atoms with Gasteiger partial charge in [-0.15, -0.1) is 6.58 Å². The van der Waals surface area contributed by atoms with Crippen molar-refractivity contribution in [3.05, 3.63) is 12.7 Å². The Morgan fingerprint density at radius 3 is 2.17 bits per heavy atom. The van der Waals surface area contributed by atoms with Crippen LogP contribution in [-0.2, 0) is 0 Å². The van der Waals surface area contributed by atoms with Crippen molar-refractivity contribution in [1.29, 1.82) is 0 Å². The molecule has 0 radical (unpaired) electrons. The van der Waals surface area contributed by atoms with E-state index in [1.54, 1.807) is 0 Å². The van der Waals surface area contributed by atoms with Gasteiger partial charge >= 0.3 is 0 Å². The number of rotatable bonds is 1. The van der Waals surface area contributed by atoms with Crippen molar-refractivity contribution in [1.82, 2.24) is 0 Å². The van der Waals surface area contributed by atoms with Gasteiger partial charge in [-0.2, -0.15) is 0 Å². The second kappa shape index (κ2) is 4.85. The van der Waals surface area contributed by atoms with Gasteiger partial charge in [0, 0.05) is 11.8 Å². The Balaban J connectivity index is 2.17. The first-order valence-corrected chi connectivity index (χ1v) is 9.30. The highest BCUT2D eigenvalue weighted by molar-refractivity contribution is 5.29. The highest BCUT2D eigenvalue weighted by atomic mass is 16.4. The van der Waals surface area contributed by atoms with Crippen molar-refractivity contribution in [3.8, 4) is 0 Å². The number of hydrogen-bond acceptors (Lipinski definition) is 4. The van der Waals surface area contributed by atoms with E-state index in [1.165, 1.54) is 0 Å². The summed E-state index contributed by atoms with van der Waals surface area (Å²) >= 11 is 0. The van der Waals surface area contributed by atoms with Crippen LogP contribution in [0.15, 0.2) is 12.7 Å². The van der Waals surface area contributed by atoms with Gasteiger partial charge in [-0.3, -0.25) is 0 Å². The van der Waals surface area contributed by atoms with Gasteiger partial charge in [0.1, 0.15) is 11.2 Å². The Hall–Kier alpha value is -0.420. The lowest BCUT2D eigenvalue weighted by Crippen LogP contribution is -2.83. The Kier molecular flexibility index (Phi) is 3.71. The number of aliphatic hydroxyl groups is 4. The van der Waals surface area contributed by atoms with E-state index in [4.69, 9.17) is 0 Å². The molecule has 3 rings (SSSR count). The molecular formula is C20H34O4. The molecule has 0 aromatic rings. The molecule has 4 heteroatoms. The average molecular weight is 338 g/mol. The molecule has 0 aromatic carbocycles. The third kappa shape index (κ3) is 1.83. The molecule has 0 aliphatic heterocycles. The summed E-state index contributed by atoms with van der Waals surface area (Å²) in [5.41, 5.74) is -5.97. The largest absolute Gasteiger partial charge is 0.390 e. The fourth-order valence-corrected chi connectivity index (χ4v) is 6.63. The molecule has 4 N–H and O–H groups in total. The van der Waals surface area contributed by atoms with E-state index in [0.717, 1.165) is 19.3 Å². The van der Waals surface area contributed by atoms with Crippen molar-refractivity contribution < 1.29 is 20.4 Å². The molecule has 24 heavy (non-hydrogen) atoms. The molecule has 138 valence electrons. The van der Waals surface area contributed by atoms with Crippen LogP contribution in [0.2, 0.25) is 0 Å². The minimum Gasteiger partial charge on any atom is -0.390 e. The van der Waals surface area contributed by atoms with Gasteiger partial charge in [0.2, 0.25) is 0 Å². The van der Waals surface area contributed by atoms with Crippen LogP contribution in [0.25, 0.3) is 0 Å². The molecule has 0 aromatic heterocycles. The van der Waals surface area contributed by atoms with Gasteiger partial charge < -0.3 is 20.4 Å². The smallest absolute Gasteiger partial charge is 0.104 e. The molecule has 0 heterocycles. The summed E-state index contributed by atoms with van der Waals surface area (Å²) in [5.74, 6) is 0. The predicted molar refractivity (Wildman–Crippen MR) is 93.4 cm³/mol. The van der Waals surface area contributed by atoms with Crippen LogP contribution in [0, 0.1) is 16.2 Å². The van der Waals surface area contributed by atoms with E-state index in [0.29, 0.717) is 19.3 Å². The summed E-state index contributed by atoms with van der Waals surface area (Å²) in [5, 5.41) is 46.0. The number of allylic oxidation sites excluding steroid dienone is 1. The van der Waals surface area contributed by atoms with Crippen LogP contribution in [0.4, 0.5) is 0 Å². The van der Waals surface area contributed by atoms with Crippen LogP contribution < -0.4 is 0 Å². The Bertz CT molecular complexity index is 560. The molecule has 0 amide bonds. The molecule has 3 aliphatic carbocycles. The zero-order chi connectivity index (χ0) is 18.2. The van der Waals surface area contributed by atoms with Crippen LogP contribution in [0.1, 0.15) is 72.6 Å². The zero-order valence-corrected chi connectivity index (χ0v) is 15.6. The minimum atomic E-state index is -1.42. The van der Waals surface area contributed by atoms with Crippen LogP contribution >= 0.6 is 0 Å². The molecule has 0 saturated heterocycles. The van der Waals surface area contributed by atoms with Gasteiger partial charge in [-0.25, -0.2) is 0 Å². The van der Waals surface area contributed by atoms with E-state index in [-0.39, 0.29) is 11.8 Å². The van der Waals surface area contributed by atoms with Crippen molar-refractivity contribution in [2.75, 3.05) is 0 Å². The first-order valence-electron chi connectivity index (χ1n) is 9.30. The first-order chi connectivity index (χ1) is 10.8. The summed E-state index contributed by atoms with van der Waals surface area (Å²) in [6.45, 7) is 11.8. The van der Waals surface area contributed by atoms with Crippen LogP contribution in [-0.4, -0.2) is 43.3 Å². The summed E-state index contributed by atoms with van der Waals surface area (Å²) in [7, 11) is 0. The third-order valence-electron chi connectivity index (χ3n) is 8.29. The quantitative estimate of drug-likeness (QED) is 0.554. The lowest BCUT2D eigenvalue weighted by atomic mass is 9.37. The van der Waals surface area contributed by atoms with Gasteiger partial charge in [0.15, 0.2) is 0 Å². The molecular weight excluding hydrogens is 304 g/mol.